The van der Waals surface area contributed by atoms with Crippen LogP contribution in [0.5, 0.6) is 0 Å². The molecule has 134 valence electrons. The molecule has 5 nitrogen and oxygen atoms in total. The first-order valence-electron chi connectivity index (χ1n) is 7.93. The van der Waals surface area contributed by atoms with E-state index < -0.39 is 38.8 Å². The third kappa shape index (κ3) is 2.27. The maximum Gasteiger partial charge on any atom is 0.407 e. The topological polar surface area (TPSA) is 62.0 Å². The fourth-order valence-electron chi connectivity index (χ4n) is 4.77. The molecule has 3 fully saturated rings. The van der Waals surface area contributed by atoms with Crippen LogP contribution in [0.2, 0.25) is 0 Å². The molecule has 25 heavy (non-hydrogen) atoms. The molecule has 2 bridgehead atoms. The second-order valence-electron chi connectivity index (χ2n) is 6.98. The van der Waals surface area contributed by atoms with Crippen LogP contribution in [0, 0.1) is 24.3 Å². The molecule has 3 aliphatic rings. The lowest BCUT2D eigenvalue weighted by atomic mass is 9.87. The molecular weight excluding hydrogens is 357 g/mol. The van der Waals surface area contributed by atoms with Crippen molar-refractivity contribution >= 4 is 21.4 Å². The van der Waals surface area contributed by atoms with Crippen LogP contribution < -0.4 is 4.31 Å². The zero-order chi connectivity index (χ0) is 18.1. The lowest BCUT2D eigenvalue weighted by molar-refractivity contribution is -0.136. The lowest BCUT2D eigenvalue weighted by Gasteiger charge is -2.26. The van der Waals surface area contributed by atoms with Gasteiger partial charge in [-0.1, -0.05) is 6.07 Å². The van der Waals surface area contributed by atoms with Crippen molar-refractivity contribution in [1.29, 1.82) is 0 Å². The van der Waals surface area contributed by atoms with Gasteiger partial charge in [0.25, 0.3) is 0 Å². The summed E-state index contributed by atoms with van der Waals surface area (Å²) in [6.45, 7) is 7.01. The van der Waals surface area contributed by atoms with E-state index in [-0.39, 0.29) is 30.0 Å². The van der Waals surface area contributed by atoms with Gasteiger partial charge in [0, 0.05) is 18.2 Å². The Morgan fingerprint density at radius 3 is 2.60 bits per heavy atom. The molecule has 9 heteroatoms. The number of anilines is 1. The van der Waals surface area contributed by atoms with Gasteiger partial charge in [-0.3, -0.25) is 4.31 Å². The van der Waals surface area contributed by atoms with Gasteiger partial charge < -0.3 is 5.11 Å². The van der Waals surface area contributed by atoms with Gasteiger partial charge in [-0.25, -0.2) is 13.3 Å². The first-order chi connectivity index (χ1) is 11.6. The Morgan fingerprint density at radius 2 is 1.96 bits per heavy atom. The van der Waals surface area contributed by atoms with Crippen molar-refractivity contribution in [3.8, 4) is 0 Å². The number of benzene rings is 1. The number of nitrogens with zero attached hydrogens (tertiary/aromatic N) is 2. The number of fused-ring (bicyclic) bond motifs is 5. The van der Waals surface area contributed by atoms with Gasteiger partial charge in [-0.15, -0.1) is 0 Å². The Kier molecular flexibility index (Phi) is 3.41. The van der Waals surface area contributed by atoms with Crippen LogP contribution in [0.15, 0.2) is 18.2 Å². The van der Waals surface area contributed by atoms with Crippen LogP contribution in [0.25, 0.3) is 4.85 Å². The van der Waals surface area contributed by atoms with Gasteiger partial charge in [0.2, 0.25) is 10.0 Å². The second-order valence-corrected chi connectivity index (χ2v) is 8.99. The van der Waals surface area contributed by atoms with Crippen LogP contribution >= 0.6 is 0 Å². The summed E-state index contributed by atoms with van der Waals surface area (Å²) in [6, 6.07) is 3.00. The van der Waals surface area contributed by atoms with E-state index in [4.69, 9.17) is 6.57 Å². The molecule has 0 amide bonds. The standard InChI is InChI=1S/C16H15F3N2O3S/c1-20-13-3-2-9(6-12(13)16(17,18)19)21-7-11-8-4-10(14(22)5-8)15(11)25(21,23)24/h2-3,6,8,10-11,14-15,22H,4-5,7H2/t8-,10-,11-,14-,15+/m1/s1. The molecule has 0 unspecified atom stereocenters. The number of hydrogen-bond donors (Lipinski definition) is 1. The van der Waals surface area contributed by atoms with Crippen molar-refractivity contribution in [1.82, 2.24) is 0 Å². The molecule has 4 rings (SSSR count). The Morgan fingerprint density at radius 1 is 1.24 bits per heavy atom. The SMILES string of the molecule is [C-]#[N+]c1ccc(N2C[C@@H]3[C@@H]4C[C@@H]([C@@H]3S2(=O)=O)[C@H](O)C4)cc1C(F)(F)F. The average Bonchev–Trinajstić information content (AvgIpc) is 3.15. The molecule has 1 heterocycles. The minimum atomic E-state index is -4.73. The molecule has 2 saturated carbocycles. The monoisotopic (exact) mass is 372 g/mol. The summed E-state index contributed by atoms with van der Waals surface area (Å²) in [5, 5.41) is 9.28. The Bertz CT molecular complexity index is 878. The van der Waals surface area contributed by atoms with Crippen LogP contribution in [-0.2, 0) is 16.2 Å². The summed E-state index contributed by atoms with van der Waals surface area (Å²) in [7, 11) is -3.83. The van der Waals surface area contributed by atoms with Crippen LogP contribution in [0.4, 0.5) is 24.5 Å². The van der Waals surface area contributed by atoms with Crippen molar-refractivity contribution in [3.63, 3.8) is 0 Å². The van der Waals surface area contributed by atoms with Crippen LogP contribution in [0.1, 0.15) is 18.4 Å². The molecule has 1 aromatic carbocycles. The third-order valence-electron chi connectivity index (χ3n) is 5.78. The molecule has 5 atom stereocenters. The van der Waals surface area contributed by atoms with E-state index in [1.165, 1.54) is 6.07 Å². The first-order valence-corrected chi connectivity index (χ1v) is 9.43. The summed E-state index contributed by atoms with van der Waals surface area (Å²) in [6.07, 6.45) is -4.17. The molecule has 0 radical (unpaired) electrons. The number of sulfonamides is 1. The lowest BCUT2D eigenvalue weighted by Crippen LogP contribution is -2.38. The van der Waals surface area contributed by atoms with Crippen molar-refractivity contribution in [2.75, 3.05) is 10.8 Å². The maximum absolute atomic E-state index is 13.2. The van der Waals surface area contributed by atoms with Gasteiger partial charge in [-0.05, 0) is 36.8 Å². The molecule has 1 aromatic rings. The highest BCUT2D eigenvalue weighted by Gasteiger charge is 2.62. The molecule has 1 N–H and O–H groups in total. The summed E-state index contributed by atoms with van der Waals surface area (Å²) >= 11 is 0. The third-order valence-corrected chi connectivity index (χ3v) is 8.15. The number of aliphatic hydroxyl groups excluding tert-OH is 1. The first kappa shape index (κ1) is 16.7. The molecule has 0 spiro atoms. The molecule has 0 aromatic heterocycles. The van der Waals surface area contributed by atoms with E-state index >= 15 is 0 Å². The summed E-state index contributed by atoms with van der Waals surface area (Å²) in [5.41, 5.74) is -1.75. The highest BCUT2D eigenvalue weighted by molar-refractivity contribution is 7.93. The fraction of sp³-hybridized carbons (Fsp3) is 0.562. The smallest absolute Gasteiger partial charge is 0.393 e. The van der Waals surface area contributed by atoms with Gasteiger partial charge in [0.15, 0.2) is 5.69 Å². The largest absolute Gasteiger partial charge is 0.407 e. The van der Waals surface area contributed by atoms with E-state index in [1.54, 1.807) is 0 Å². The predicted molar refractivity (Wildman–Crippen MR) is 83.5 cm³/mol. The number of halogens is 3. The summed E-state index contributed by atoms with van der Waals surface area (Å²) in [5.74, 6) is -0.405. The van der Waals surface area contributed by atoms with Gasteiger partial charge in [-0.2, -0.15) is 13.2 Å². The van der Waals surface area contributed by atoms with Crippen molar-refractivity contribution in [2.24, 2.45) is 17.8 Å². The number of aliphatic hydroxyl groups is 1. The van der Waals surface area contributed by atoms with Gasteiger partial charge in [0.1, 0.15) is 0 Å². The molecule has 1 aliphatic heterocycles. The Labute approximate surface area is 142 Å². The highest BCUT2D eigenvalue weighted by atomic mass is 32.2. The Balaban J connectivity index is 1.76. The fourth-order valence-corrected chi connectivity index (χ4v) is 7.33. The Hall–Kier alpha value is -1.79. The van der Waals surface area contributed by atoms with E-state index in [0.29, 0.717) is 12.8 Å². The van der Waals surface area contributed by atoms with E-state index in [2.05, 4.69) is 4.85 Å². The van der Waals surface area contributed by atoms with Crippen molar-refractivity contribution in [3.05, 3.63) is 35.2 Å². The van der Waals surface area contributed by atoms with Gasteiger partial charge in [0.05, 0.1) is 23.5 Å². The second kappa shape index (κ2) is 5.11. The predicted octanol–water partition coefficient (Wildman–Crippen LogP) is 2.79. The van der Waals surface area contributed by atoms with Crippen molar-refractivity contribution in [2.45, 2.75) is 30.4 Å². The zero-order valence-corrected chi connectivity index (χ0v) is 13.8. The normalized spacial score (nSPS) is 35.6. The number of hydrogen-bond acceptors (Lipinski definition) is 3. The number of alkyl halides is 3. The summed E-state index contributed by atoms with van der Waals surface area (Å²) < 4.78 is 66.3. The van der Waals surface area contributed by atoms with E-state index in [9.17, 15) is 26.7 Å². The minimum Gasteiger partial charge on any atom is -0.393 e. The minimum absolute atomic E-state index is 0.0667. The van der Waals surface area contributed by atoms with E-state index in [0.717, 1.165) is 16.4 Å². The molecular formula is C16H15F3N2O3S. The maximum atomic E-state index is 13.2. The van der Waals surface area contributed by atoms with Crippen LogP contribution in [-0.4, -0.2) is 31.4 Å². The average molecular weight is 372 g/mol. The quantitative estimate of drug-likeness (QED) is 0.771. The number of rotatable bonds is 1. The molecule has 2 aliphatic carbocycles. The van der Waals surface area contributed by atoms with Gasteiger partial charge >= 0.3 is 6.18 Å². The van der Waals surface area contributed by atoms with E-state index in [1.807, 2.05) is 0 Å². The van der Waals surface area contributed by atoms with Crippen molar-refractivity contribution < 1.29 is 26.7 Å². The van der Waals surface area contributed by atoms with Crippen LogP contribution in [0.3, 0.4) is 0 Å². The zero-order valence-electron chi connectivity index (χ0n) is 12.9. The summed E-state index contributed by atoms with van der Waals surface area (Å²) in [4.78, 5) is 2.87. The highest BCUT2D eigenvalue weighted by Crippen LogP contribution is 2.56. The molecule has 1 saturated heterocycles.